The molecular formula is C12H17ClN2O3. The molecule has 0 unspecified atom stereocenters. The van der Waals surface area contributed by atoms with Gasteiger partial charge in [-0.05, 0) is 26.0 Å². The third-order valence-electron chi connectivity index (χ3n) is 2.09. The fraction of sp³-hybridized carbons (Fsp3) is 0.500. The molecule has 0 atom stereocenters. The maximum absolute atomic E-state index is 11.8. The molecule has 0 fully saturated rings. The van der Waals surface area contributed by atoms with Crippen molar-refractivity contribution in [3.63, 3.8) is 0 Å². The fourth-order valence-electron chi connectivity index (χ4n) is 1.33. The Morgan fingerprint density at radius 2 is 2.11 bits per heavy atom. The zero-order chi connectivity index (χ0) is 13.4. The molecule has 6 heteroatoms. The Kier molecular flexibility index (Phi) is 6.64. The molecule has 1 heterocycles. The molecule has 0 saturated carbocycles. The van der Waals surface area contributed by atoms with Gasteiger partial charge >= 0.3 is 0 Å². The molecule has 0 aliphatic heterocycles. The first kappa shape index (κ1) is 14.9. The number of carbonyl (C=O) groups is 1. The lowest BCUT2D eigenvalue weighted by molar-refractivity contribution is -0.131. The highest BCUT2D eigenvalue weighted by molar-refractivity contribution is 6.30. The van der Waals surface area contributed by atoms with E-state index in [9.17, 15) is 4.79 Å². The van der Waals surface area contributed by atoms with Crippen LogP contribution < -0.4 is 5.32 Å². The molecule has 0 aliphatic rings. The second-order valence-electron chi connectivity index (χ2n) is 3.41. The number of nitrogens with one attached hydrogen (secondary N) is 1. The van der Waals surface area contributed by atoms with Crippen molar-refractivity contribution >= 4 is 17.5 Å². The van der Waals surface area contributed by atoms with Crippen molar-refractivity contribution in [1.29, 1.82) is 0 Å². The summed E-state index contributed by atoms with van der Waals surface area (Å²) in [6.07, 6.45) is 1.04. The minimum atomic E-state index is -0.442. The Morgan fingerprint density at radius 3 is 2.67 bits per heavy atom. The van der Waals surface area contributed by atoms with Gasteiger partial charge in [0.15, 0.2) is 6.29 Å². The monoisotopic (exact) mass is 272 g/mol. The maximum Gasteiger partial charge on any atom is 0.270 e. The second-order valence-corrected chi connectivity index (χ2v) is 3.85. The molecule has 5 nitrogen and oxygen atoms in total. The number of rotatable bonds is 7. The number of nitrogens with zero attached hydrogens (tertiary/aromatic N) is 1. The first-order chi connectivity index (χ1) is 8.67. The smallest absolute Gasteiger partial charge is 0.270 e. The number of halogens is 1. The zero-order valence-electron chi connectivity index (χ0n) is 10.5. The van der Waals surface area contributed by atoms with Crippen molar-refractivity contribution in [1.82, 2.24) is 10.3 Å². The highest BCUT2D eigenvalue weighted by Gasteiger charge is 2.12. The van der Waals surface area contributed by atoms with E-state index in [1.165, 1.54) is 12.3 Å². The molecular weight excluding hydrogens is 256 g/mol. The molecule has 1 rings (SSSR count). The van der Waals surface area contributed by atoms with Gasteiger partial charge in [0.05, 0.1) is 6.54 Å². The van der Waals surface area contributed by atoms with E-state index in [1.807, 2.05) is 13.8 Å². The van der Waals surface area contributed by atoms with Crippen LogP contribution >= 0.6 is 11.6 Å². The topological polar surface area (TPSA) is 60.5 Å². The van der Waals surface area contributed by atoms with Crippen LogP contribution in [-0.2, 0) is 9.47 Å². The standard InChI is InChI=1S/C12H17ClN2O3/c1-3-17-11(18-4-2)8-15-12(16)10-7-9(13)5-6-14-10/h5-7,11H,3-4,8H2,1-2H3,(H,15,16). The number of carbonyl (C=O) groups excluding carboxylic acids is 1. The molecule has 18 heavy (non-hydrogen) atoms. The van der Waals surface area contributed by atoms with Crippen LogP contribution in [0.5, 0.6) is 0 Å². The Labute approximate surface area is 111 Å². The van der Waals surface area contributed by atoms with Crippen molar-refractivity contribution in [3.05, 3.63) is 29.0 Å². The minimum Gasteiger partial charge on any atom is -0.351 e. The lowest BCUT2D eigenvalue weighted by Gasteiger charge is -2.17. The molecule has 1 amide bonds. The van der Waals surface area contributed by atoms with E-state index < -0.39 is 6.29 Å². The third-order valence-corrected chi connectivity index (χ3v) is 2.32. The molecule has 1 N–H and O–H groups in total. The van der Waals surface area contributed by atoms with Crippen LogP contribution in [0.1, 0.15) is 24.3 Å². The summed E-state index contributed by atoms with van der Waals surface area (Å²) >= 11 is 5.78. The van der Waals surface area contributed by atoms with Gasteiger partial charge in [-0.15, -0.1) is 0 Å². The third kappa shape index (κ3) is 5.00. The lowest BCUT2D eigenvalue weighted by atomic mass is 10.3. The summed E-state index contributed by atoms with van der Waals surface area (Å²) in [6.45, 7) is 5.05. The van der Waals surface area contributed by atoms with E-state index in [1.54, 1.807) is 6.07 Å². The second kappa shape index (κ2) is 8.02. The van der Waals surface area contributed by atoms with E-state index in [0.29, 0.717) is 18.2 Å². The van der Waals surface area contributed by atoms with E-state index in [-0.39, 0.29) is 18.1 Å². The van der Waals surface area contributed by atoms with Crippen LogP contribution in [0.3, 0.4) is 0 Å². The molecule has 0 radical (unpaired) electrons. The predicted molar refractivity (Wildman–Crippen MR) is 68.6 cm³/mol. The summed E-state index contributed by atoms with van der Waals surface area (Å²) in [5.74, 6) is -0.304. The average molecular weight is 273 g/mol. The van der Waals surface area contributed by atoms with Crippen molar-refractivity contribution in [2.45, 2.75) is 20.1 Å². The summed E-state index contributed by atoms with van der Waals surface area (Å²) in [4.78, 5) is 15.7. The first-order valence-corrected chi connectivity index (χ1v) is 6.18. The lowest BCUT2D eigenvalue weighted by Crippen LogP contribution is -2.35. The van der Waals surface area contributed by atoms with E-state index in [4.69, 9.17) is 21.1 Å². The number of hydrogen-bond acceptors (Lipinski definition) is 4. The van der Waals surface area contributed by atoms with Gasteiger partial charge in [-0.25, -0.2) is 0 Å². The number of ether oxygens (including phenoxy) is 2. The number of hydrogen-bond donors (Lipinski definition) is 1. The summed E-state index contributed by atoms with van der Waals surface area (Å²) in [5.41, 5.74) is 0.272. The molecule has 0 saturated heterocycles. The summed E-state index contributed by atoms with van der Waals surface area (Å²) < 4.78 is 10.6. The van der Waals surface area contributed by atoms with Crippen LogP contribution in [0.4, 0.5) is 0 Å². The van der Waals surface area contributed by atoms with Crippen molar-refractivity contribution in [3.8, 4) is 0 Å². The number of pyridine rings is 1. The van der Waals surface area contributed by atoms with Crippen LogP contribution in [0.25, 0.3) is 0 Å². The highest BCUT2D eigenvalue weighted by Crippen LogP contribution is 2.07. The quantitative estimate of drug-likeness (QED) is 0.770. The van der Waals surface area contributed by atoms with Gasteiger partial charge in [-0.2, -0.15) is 0 Å². The van der Waals surface area contributed by atoms with E-state index >= 15 is 0 Å². The van der Waals surface area contributed by atoms with Gasteiger partial charge in [0.25, 0.3) is 5.91 Å². The highest BCUT2D eigenvalue weighted by atomic mass is 35.5. The van der Waals surface area contributed by atoms with Crippen LogP contribution in [0.15, 0.2) is 18.3 Å². The Bertz CT molecular complexity index is 381. The van der Waals surface area contributed by atoms with Crippen molar-refractivity contribution < 1.29 is 14.3 Å². The van der Waals surface area contributed by atoms with Gasteiger partial charge in [0.2, 0.25) is 0 Å². The van der Waals surface area contributed by atoms with Gasteiger partial charge in [0.1, 0.15) is 5.69 Å². The summed E-state index contributed by atoms with van der Waals surface area (Å²) in [5, 5.41) is 3.16. The van der Waals surface area contributed by atoms with E-state index in [0.717, 1.165) is 0 Å². The zero-order valence-corrected chi connectivity index (χ0v) is 11.2. The number of amides is 1. The SMILES string of the molecule is CCOC(CNC(=O)c1cc(Cl)ccn1)OCC. The average Bonchev–Trinajstić information content (AvgIpc) is 2.36. The van der Waals surface area contributed by atoms with Gasteiger partial charge in [0, 0.05) is 24.4 Å². The van der Waals surface area contributed by atoms with Crippen LogP contribution in [0.2, 0.25) is 5.02 Å². The molecule has 0 bridgehead atoms. The molecule has 0 aromatic carbocycles. The van der Waals surface area contributed by atoms with Crippen molar-refractivity contribution in [2.75, 3.05) is 19.8 Å². The number of aromatic nitrogens is 1. The summed E-state index contributed by atoms with van der Waals surface area (Å²) in [7, 11) is 0. The molecule has 0 spiro atoms. The first-order valence-electron chi connectivity index (χ1n) is 5.80. The van der Waals surface area contributed by atoms with E-state index in [2.05, 4.69) is 10.3 Å². The normalized spacial score (nSPS) is 10.7. The van der Waals surface area contributed by atoms with Gasteiger partial charge < -0.3 is 14.8 Å². The fourth-order valence-corrected chi connectivity index (χ4v) is 1.49. The van der Waals surface area contributed by atoms with Crippen molar-refractivity contribution in [2.24, 2.45) is 0 Å². The maximum atomic E-state index is 11.8. The Balaban J connectivity index is 2.49. The molecule has 0 aliphatic carbocycles. The Hall–Kier alpha value is -1.17. The Morgan fingerprint density at radius 1 is 1.44 bits per heavy atom. The van der Waals surface area contributed by atoms with Crippen LogP contribution in [0, 0.1) is 0 Å². The molecule has 1 aromatic rings. The van der Waals surface area contributed by atoms with Gasteiger partial charge in [-0.1, -0.05) is 11.6 Å². The minimum absolute atomic E-state index is 0.272. The van der Waals surface area contributed by atoms with Gasteiger partial charge in [-0.3, -0.25) is 9.78 Å². The summed E-state index contributed by atoms with van der Waals surface area (Å²) in [6, 6.07) is 3.12. The molecule has 1 aromatic heterocycles. The largest absolute Gasteiger partial charge is 0.351 e. The van der Waals surface area contributed by atoms with Crippen LogP contribution in [-0.4, -0.2) is 36.9 Å². The predicted octanol–water partition coefficient (Wildman–Crippen LogP) is 1.86. The molecule has 100 valence electrons.